The third kappa shape index (κ3) is 5.19. The van der Waals surface area contributed by atoms with Crippen molar-refractivity contribution in [3.8, 4) is 0 Å². The molecule has 2 aliphatic heterocycles. The number of nitrogens with zero attached hydrogens (tertiary/aromatic N) is 2. The fourth-order valence-corrected chi connectivity index (χ4v) is 6.10. The Morgan fingerprint density at radius 1 is 1.10 bits per heavy atom. The molecule has 2 aliphatic rings. The van der Waals surface area contributed by atoms with Crippen molar-refractivity contribution in [3.05, 3.63) is 70.2 Å². The third-order valence-electron chi connectivity index (χ3n) is 8.22. The van der Waals surface area contributed by atoms with Gasteiger partial charge in [0, 0.05) is 41.7 Å². The maximum absolute atomic E-state index is 15.8. The van der Waals surface area contributed by atoms with E-state index in [1.165, 1.54) is 17.0 Å². The molecular weight excluding hydrogens is 517 g/mol. The number of H-pyrrole nitrogens is 1. The smallest absolute Gasteiger partial charge is 0.283 e. The van der Waals surface area contributed by atoms with Crippen molar-refractivity contribution < 1.29 is 32.2 Å². The molecule has 5 rings (SSSR count). The van der Waals surface area contributed by atoms with Gasteiger partial charge in [-0.1, -0.05) is 25.5 Å². The molecule has 0 spiro atoms. The molecule has 1 saturated heterocycles. The predicted octanol–water partition coefficient (Wildman–Crippen LogP) is 5.31. The van der Waals surface area contributed by atoms with Crippen molar-refractivity contribution in [3.63, 3.8) is 0 Å². The first kappa shape index (κ1) is 28.0. The Morgan fingerprint density at radius 3 is 2.44 bits per heavy atom. The van der Waals surface area contributed by atoms with Crippen LogP contribution in [0.15, 0.2) is 30.3 Å². The monoisotopic (exact) mass is 551 g/mol. The molecule has 0 radical (unpaired) electrons. The Bertz CT molecular complexity index is 1320. The molecule has 212 valence electrons. The summed E-state index contributed by atoms with van der Waals surface area (Å²) in [6.07, 6.45) is 1.26. The lowest BCUT2D eigenvalue weighted by molar-refractivity contribution is -0.0869. The highest BCUT2D eigenvalue weighted by molar-refractivity contribution is 5.86. The number of para-hydroxylation sites is 1. The molecule has 1 aromatic heterocycles. The second-order valence-electron chi connectivity index (χ2n) is 11.0. The molecule has 3 atom stereocenters. The normalized spacial score (nSPS) is 21.8. The number of aromatic nitrogens is 1. The van der Waals surface area contributed by atoms with Crippen molar-refractivity contribution in [1.29, 1.82) is 0 Å². The lowest BCUT2D eigenvalue weighted by atomic mass is 9.85. The Hall–Kier alpha value is -2.53. The minimum Gasteiger partial charge on any atom is -0.390 e. The number of hydrogen-bond donors (Lipinski definition) is 3. The number of rotatable bonds is 9. The molecule has 5 nitrogen and oxygen atoms in total. The Kier molecular flexibility index (Phi) is 7.76. The van der Waals surface area contributed by atoms with E-state index in [1.807, 2.05) is 0 Å². The number of aliphatic hydroxyl groups excluding tert-OH is 2. The number of aromatic amines is 1. The largest absolute Gasteiger partial charge is 0.390 e. The minimum absolute atomic E-state index is 0.0907. The number of unbranched alkanes of at least 4 members (excludes halogenated alkanes) is 1. The summed E-state index contributed by atoms with van der Waals surface area (Å²) in [5.41, 5.74) is 0.611. The number of benzene rings is 2. The van der Waals surface area contributed by atoms with E-state index in [0.717, 1.165) is 31.5 Å². The quantitative estimate of drug-likeness (QED) is 0.316. The predicted molar refractivity (Wildman–Crippen MR) is 138 cm³/mol. The summed E-state index contributed by atoms with van der Waals surface area (Å²) in [5.74, 6) is -6.21. The Morgan fingerprint density at radius 2 is 1.79 bits per heavy atom. The standard InChI is InChI=1S/C29H34F5N3O2/c1-3-4-8-36-12-18(13-36)28(39)17-10-22(31)24(23(32)11-17)27-26-20(19-6-5-7-21(30)25(19)35-26)9-16(2)37(27)14-29(33,34)15-38/h5-7,10-11,16,18,27-28,35,38-39H,3-4,8-9,12-15H2,1-2H3/t16-,27-,28-/m1/s1. The fourth-order valence-electron chi connectivity index (χ4n) is 6.10. The van der Waals surface area contributed by atoms with E-state index in [2.05, 4.69) is 16.8 Å². The van der Waals surface area contributed by atoms with E-state index in [1.54, 1.807) is 13.0 Å². The van der Waals surface area contributed by atoms with Crippen LogP contribution in [0.1, 0.15) is 61.2 Å². The summed E-state index contributed by atoms with van der Waals surface area (Å²) in [4.78, 5) is 6.35. The van der Waals surface area contributed by atoms with Gasteiger partial charge in [0.1, 0.15) is 24.1 Å². The van der Waals surface area contributed by atoms with E-state index < -0.39 is 60.3 Å². The molecule has 0 unspecified atom stereocenters. The summed E-state index contributed by atoms with van der Waals surface area (Å²) in [7, 11) is 0. The molecular formula is C29H34F5N3O2. The summed E-state index contributed by atoms with van der Waals surface area (Å²) in [6, 6.07) is 4.68. The number of alkyl halides is 2. The van der Waals surface area contributed by atoms with E-state index >= 15 is 8.78 Å². The van der Waals surface area contributed by atoms with Crippen molar-refractivity contribution in [1.82, 2.24) is 14.8 Å². The van der Waals surface area contributed by atoms with E-state index in [9.17, 15) is 23.4 Å². The van der Waals surface area contributed by atoms with Crippen LogP contribution in [0.2, 0.25) is 0 Å². The highest BCUT2D eigenvalue weighted by Gasteiger charge is 2.44. The van der Waals surface area contributed by atoms with Gasteiger partial charge < -0.3 is 20.1 Å². The third-order valence-corrected chi connectivity index (χ3v) is 8.22. The molecule has 1 fully saturated rings. The van der Waals surface area contributed by atoms with Crippen LogP contribution < -0.4 is 0 Å². The zero-order valence-corrected chi connectivity index (χ0v) is 22.0. The maximum atomic E-state index is 15.8. The van der Waals surface area contributed by atoms with Crippen molar-refractivity contribution >= 4 is 10.9 Å². The molecule has 0 saturated carbocycles. The molecule has 3 aromatic rings. The SMILES string of the molecule is CCCCN1CC([C@H](O)c2cc(F)c([C@@H]3c4[nH]c5c(F)cccc5c4C[C@@H](C)N3CC(F)(F)CO)c(F)c2)C1. The average Bonchev–Trinajstić information content (AvgIpc) is 3.23. The van der Waals surface area contributed by atoms with Crippen LogP contribution in [0.3, 0.4) is 0 Å². The number of nitrogens with one attached hydrogen (secondary N) is 1. The van der Waals surface area contributed by atoms with Crippen LogP contribution in [-0.2, 0) is 6.42 Å². The van der Waals surface area contributed by atoms with E-state index in [-0.39, 0.29) is 29.1 Å². The second kappa shape index (κ2) is 10.8. The van der Waals surface area contributed by atoms with Crippen LogP contribution >= 0.6 is 0 Å². The molecule has 3 N–H and O–H groups in total. The number of likely N-dealkylation sites (tertiary alicyclic amines) is 1. The van der Waals surface area contributed by atoms with Crippen molar-refractivity contribution in [2.24, 2.45) is 5.92 Å². The molecule has 0 aliphatic carbocycles. The number of fused-ring (bicyclic) bond motifs is 3. The Labute approximate surface area is 224 Å². The first-order valence-corrected chi connectivity index (χ1v) is 13.5. The van der Waals surface area contributed by atoms with Gasteiger partial charge in [-0.25, -0.2) is 22.0 Å². The van der Waals surface area contributed by atoms with Crippen LogP contribution in [0.4, 0.5) is 22.0 Å². The lowest BCUT2D eigenvalue weighted by Gasteiger charge is -2.43. The van der Waals surface area contributed by atoms with Gasteiger partial charge in [-0.3, -0.25) is 4.90 Å². The average molecular weight is 552 g/mol. The maximum Gasteiger partial charge on any atom is 0.283 e. The zero-order chi connectivity index (χ0) is 28.1. The molecule has 0 amide bonds. The summed E-state index contributed by atoms with van der Waals surface area (Å²) in [6.45, 7) is 3.53. The van der Waals surface area contributed by atoms with Gasteiger partial charge >= 0.3 is 0 Å². The topological polar surface area (TPSA) is 62.7 Å². The van der Waals surface area contributed by atoms with Gasteiger partial charge in [-0.2, -0.15) is 0 Å². The van der Waals surface area contributed by atoms with E-state index in [4.69, 9.17) is 0 Å². The van der Waals surface area contributed by atoms with E-state index in [0.29, 0.717) is 24.0 Å². The van der Waals surface area contributed by atoms with Gasteiger partial charge in [0.15, 0.2) is 0 Å². The van der Waals surface area contributed by atoms with Gasteiger partial charge in [0.25, 0.3) is 5.92 Å². The Balaban J connectivity index is 1.55. The molecule has 2 aromatic carbocycles. The van der Waals surface area contributed by atoms with Crippen LogP contribution in [0.5, 0.6) is 0 Å². The highest BCUT2D eigenvalue weighted by atomic mass is 19.3. The summed E-state index contributed by atoms with van der Waals surface area (Å²) < 4.78 is 75.2. The number of aliphatic hydroxyl groups is 2. The lowest BCUT2D eigenvalue weighted by Crippen LogP contribution is -2.50. The zero-order valence-electron chi connectivity index (χ0n) is 22.0. The van der Waals surface area contributed by atoms with Crippen LogP contribution in [0, 0.1) is 23.4 Å². The van der Waals surface area contributed by atoms with Gasteiger partial charge in [-0.15, -0.1) is 0 Å². The molecule has 39 heavy (non-hydrogen) atoms. The minimum atomic E-state index is -3.53. The molecule has 10 heteroatoms. The van der Waals surface area contributed by atoms with Gasteiger partial charge in [0.05, 0.1) is 24.2 Å². The van der Waals surface area contributed by atoms with Crippen LogP contribution in [-0.4, -0.2) is 69.7 Å². The summed E-state index contributed by atoms with van der Waals surface area (Å²) in [5, 5.41) is 20.6. The van der Waals surface area contributed by atoms with Crippen molar-refractivity contribution in [2.45, 2.75) is 57.2 Å². The second-order valence-corrected chi connectivity index (χ2v) is 11.0. The number of hydrogen-bond acceptors (Lipinski definition) is 4. The van der Waals surface area contributed by atoms with Crippen LogP contribution in [0.25, 0.3) is 10.9 Å². The molecule has 3 heterocycles. The number of halogens is 5. The highest BCUT2D eigenvalue weighted by Crippen LogP contribution is 2.44. The first-order valence-electron chi connectivity index (χ1n) is 13.5. The molecule has 0 bridgehead atoms. The van der Waals surface area contributed by atoms with Crippen molar-refractivity contribution in [2.75, 3.05) is 32.8 Å². The fraction of sp³-hybridized carbons (Fsp3) is 0.517. The van der Waals surface area contributed by atoms with Gasteiger partial charge in [0.2, 0.25) is 0 Å². The van der Waals surface area contributed by atoms with Gasteiger partial charge in [-0.05, 0) is 55.6 Å². The first-order chi connectivity index (χ1) is 18.5. The summed E-state index contributed by atoms with van der Waals surface area (Å²) >= 11 is 0.